The minimum absolute atomic E-state index is 0.138. The van der Waals surface area contributed by atoms with E-state index in [1.54, 1.807) is 0 Å². The first-order chi connectivity index (χ1) is 5.08. The van der Waals surface area contributed by atoms with Gasteiger partial charge >= 0.3 is 0 Å². The van der Waals surface area contributed by atoms with Gasteiger partial charge < -0.3 is 5.11 Å². The fourth-order valence-corrected chi connectivity index (χ4v) is 0.961. The first kappa shape index (κ1) is 7.83. The van der Waals surface area contributed by atoms with Crippen molar-refractivity contribution in [1.82, 2.24) is 4.90 Å². The van der Waals surface area contributed by atoms with Crippen LogP contribution in [0.3, 0.4) is 0 Å². The maximum atomic E-state index is 11.0. The van der Waals surface area contributed by atoms with Gasteiger partial charge in [-0.25, -0.2) is 0 Å². The molecule has 1 amide bonds. The molecule has 0 aromatic heterocycles. The average molecular weight is 151 g/mol. The van der Waals surface area contributed by atoms with Crippen molar-refractivity contribution in [3.63, 3.8) is 0 Å². The molecule has 3 heteroatoms. The summed E-state index contributed by atoms with van der Waals surface area (Å²) in [5, 5.41) is 9.48. The van der Waals surface area contributed by atoms with Gasteiger partial charge in [0.2, 0.25) is 5.91 Å². The third-order valence-electron chi connectivity index (χ3n) is 1.60. The second-order valence-electron chi connectivity index (χ2n) is 2.56. The van der Waals surface area contributed by atoms with Gasteiger partial charge in [-0.05, 0) is 13.0 Å². The Labute approximate surface area is 65.3 Å². The van der Waals surface area contributed by atoms with Gasteiger partial charge in [-0.15, -0.1) is 6.42 Å². The molecule has 0 fully saturated rings. The van der Waals surface area contributed by atoms with Gasteiger partial charge in [-0.3, -0.25) is 9.69 Å². The topological polar surface area (TPSA) is 40.5 Å². The second-order valence-corrected chi connectivity index (χ2v) is 2.56. The van der Waals surface area contributed by atoms with Crippen LogP contribution in [0.4, 0.5) is 0 Å². The molecule has 0 radical (unpaired) electrons. The number of rotatable bonds is 1. The number of hydrogen-bond acceptors (Lipinski definition) is 2. The molecule has 0 spiro atoms. The number of terminal acetylenes is 1. The van der Waals surface area contributed by atoms with E-state index in [1.165, 1.54) is 24.0 Å². The predicted octanol–water partition coefficient (Wildman–Crippen LogP) is -0.274. The van der Waals surface area contributed by atoms with Crippen molar-refractivity contribution in [2.75, 3.05) is 6.54 Å². The average Bonchev–Trinajstić information content (AvgIpc) is 2.16. The van der Waals surface area contributed by atoms with Crippen LogP contribution in [0.25, 0.3) is 0 Å². The van der Waals surface area contributed by atoms with Crippen LogP contribution in [0.1, 0.15) is 6.92 Å². The van der Waals surface area contributed by atoms with Crippen molar-refractivity contribution in [1.29, 1.82) is 0 Å². The van der Waals surface area contributed by atoms with E-state index in [-0.39, 0.29) is 12.5 Å². The number of carbonyl (C=O) groups excluding carboxylic acids is 1. The molecule has 0 saturated carbocycles. The van der Waals surface area contributed by atoms with E-state index in [9.17, 15) is 9.90 Å². The molecule has 1 heterocycles. The van der Waals surface area contributed by atoms with Gasteiger partial charge in [-0.1, -0.05) is 5.92 Å². The highest BCUT2D eigenvalue weighted by atomic mass is 16.3. The molecule has 0 aromatic rings. The summed E-state index contributed by atoms with van der Waals surface area (Å²) in [4.78, 5) is 12.2. The zero-order chi connectivity index (χ0) is 8.48. The van der Waals surface area contributed by atoms with Gasteiger partial charge in [0.25, 0.3) is 0 Å². The molecule has 1 aliphatic heterocycles. The minimum atomic E-state index is -1.20. The van der Waals surface area contributed by atoms with E-state index in [0.717, 1.165) is 0 Å². The molecule has 11 heavy (non-hydrogen) atoms. The van der Waals surface area contributed by atoms with Crippen molar-refractivity contribution in [3.05, 3.63) is 12.2 Å². The molecule has 0 aromatic carbocycles. The minimum Gasteiger partial charge on any atom is -0.367 e. The summed E-state index contributed by atoms with van der Waals surface area (Å²) in [6.07, 6.45) is 7.75. The molecular formula is C8H9NO2. The summed E-state index contributed by atoms with van der Waals surface area (Å²) in [5.41, 5.74) is -1.20. The van der Waals surface area contributed by atoms with E-state index in [1.807, 2.05) is 0 Å². The number of amides is 1. The molecule has 58 valence electrons. The fourth-order valence-electron chi connectivity index (χ4n) is 0.961. The fraction of sp³-hybridized carbons (Fsp3) is 0.375. The normalized spacial score (nSPS) is 29.2. The molecule has 1 unspecified atom stereocenters. The summed E-state index contributed by atoms with van der Waals surface area (Å²) < 4.78 is 0. The maximum absolute atomic E-state index is 11.0. The lowest BCUT2D eigenvalue weighted by molar-refractivity contribution is -0.137. The summed E-state index contributed by atoms with van der Waals surface area (Å²) in [6, 6.07) is 0. The predicted molar refractivity (Wildman–Crippen MR) is 40.3 cm³/mol. The molecule has 1 rings (SSSR count). The third-order valence-corrected chi connectivity index (χ3v) is 1.60. The smallest absolute Gasteiger partial charge is 0.249 e. The van der Waals surface area contributed by atoms with Crippen LogP contribution in [-0.4, -0.2) is 28.2 Å². The van der Waals surface area contributed by atoms with Gasteiger partial charge in [0.15, 0.2) is 5.72 Å². The molecule has 0 bridgehead atoms. The summed E-state index contributed by atoms with van der Waals surface area (Å²) >= 11 is 0. The van der Waals surface area contributed by atoms with E-state index in [2.05, 4.69) is 5.92 Å². The van der Waals surface area contributed by atoms with E-state index in [4.69, 9.17) is 6.42 Å². The zero-order valence-electron chi connectivity index (χ0n) is 6.24. The maximum Gasteiger partial charge on any atom is 0.249 e. The first-order valence-corrected chi connectivity index (χ1v) is 3.24. The van der Waals surface area contributed by atoms with Crippen LogP contribution >= 0.6 is 0 Å². The van der Waals surface area contributed by atoms with E-state index in [0.29, 0.717) is 0 Å². The Morgan fingerprint density at radius 2 is 2.55 bits per heavy atom. The molecule has 3 nitrogen and oxygen atoms in total. The molecule has 1 atom stereocenters. The van der Waals surface area contributed by atoms with Crippen LogP contribution in [0, 0.1) is 12.3 Å². The lowest BCUT2D eigenvalue weighted by atomic mass is 10.2. The highest BCUT2D eigenvalue weighted by Crippen LogP contribution is 2.19. The number of nitrogens with zero attached hydrogens (tertiary/aromatic N) is 1. The van der Waals surface area contributed by atoms with E-state index < -0.39 is 5.72 Å². The van der Waals surface area contributed by atoms with Crippen LogP contribution in [0.5, 0.6) is 0 Å². The van der Waals surface area contributed by atoms with Crippen LogP contribution in [0.15, 0.2) is 12.2 Å². The van der Waals surface area contributed by atoms with Crippen LogP contribution in [-0.2, 0) is 4.79 Å². The Balaban J connectivity index is 2.80. The van der Waals surface area contributed by atoms with Gasteiger partial charge in [0.05, 0.1) is 6.54 Å². The zero-order valence-corrected chi connectivity index (χ0v) is 6.24. The Hall–Kier alpha value is -1.27. The quantitative estimate of drug-likeness (QED) is 0.524. The summed E-state index contributed by atoms with van der Waals surface area (Å²) in [5.74, 6) is 2.06. The second kappa shape index (κ2) is 2.40. The number of aliphatic hydroxyl groups is 1. The van der Waals surface area contributed by atoms with Crippen LogP contribution < -0.4 is 0 Å². The van der Waals surface area contributed by atoms with Crippen molar-refractivity contribution >= 4 is 5.91 Å². The molecule has 0 aliphatic carbocycles. The highest BCUT2D eigenvalue weighted by Gasteiger charge is 2.33. The summed E-state index contributed by atoms with van der Waals surface area (Å²) in [7, 11) is 0. The largest absolute Gasteiger partial charge is 0.367 e. The van der Waals surface area contributed by atoms with E-state index >= 15 is 0 Å². The van der Waals surface area contributed by atoms with Crippen molar-refractivity contribution < 1.29 is 9.90 Å². The van der Waals surface area contributed by atoms with Crippen molar-refractivity contribution in [3.8, 4) is 12.3 Å². The lowest BCUT2D eigenvalue weighted by Crippen LogP contribution is -2.43. The van der Waals surface area contributed by atoms with Gasteiger partial charge in [0.1, 0.15) is 0 Å². The number of carbonyl (C=O) groups is 1. The standard InChI is InChI=1S/C8H9NO2/c1-3-6-9-7(10)4-5-8(9,2)11/h1,4-5,11H,6H2,2H3. The lowest BCUT2D eigenvalue weighted by Gasteiger charge is -2.27. The van der Waals surface area contributed by atoms with Gasteiger partial charge in [-0.2, -0.15) is 0 Å². The molecule has 1 N–H and O–H groups in total. The van der Waals surface area contributed by atoms with Crippen molar-refractivity contribution in [2.24, 2.45) is 0 Å². The highest BCUT2D eigenvalue weighted by molar-refractivity contribution is 5.91. The summed E-state index contributed by atoms with van der Waals surface area (Å²) in [6.45, 7) is 1.66. The monoisotopic (exact) mass is 151 g/mol. The Morgan fingerprint density at radius 1 is 1.91 bits per heavy atom. The molecule has 0 saturated heterocycles. The van der Waals surface area contributed by atoms with Crippen molar-refractivity contribution in [2.45, 2.75) is 12.6 Å². The third kappa shape index (κ3) is 1.26. The van der Waals surface area contributed by atoms with Crippen LogP contribution in [0.2, 0.25) is 0 Å². The first-order valence-electron chi connectivity index (χ1n) is 3.24. The Morgan fingerprint density at radius 3 is 2.91 bits per heavy atom. The Kier molecular flexibility index (Phi) is 1.71. The Bertz CT molecular complexity index is 247. The number of hydrogen-bond donors (Lipinski definition) is 1. The molecular weight excluding hydrogens is 142 g/mol. The molecule has 1 aliphatic rings. The SMILES string of the molecule is C#CCN1C(=O)C=CC1(C)O. The van der Waals surface area contributed by atoms with Gasteiger partial charge in [0, 0.05) is 6.08 Å².